The van der Waals surface area contributed by atoms with Crippen molar-refractivity contribution < 1.29 is 0 Å². The zero-order valence-corrected chi connectivity index (χ0v) is 13.2. The lowest BCUT2D eigenvalue weighted by Gasteiger charge is -1.99. The number of aromatic nitrogens is 4. The summed E-state index contributed by atoms with van der Waals surface area (Å²) in [6, 6.07) is 9.87. The third-order valence-electron chi connectivity index (χ3n) is 2.27. The first-order valence-corrected chi connectivity index (χ1v) is 8.52. The van der Waals surface area contributed by atoms with Gasteiger partial charge in [0.25, 0.3) is 0 Å². The van der Waals surface area contributed by atoms with E-state index in [2.05, 4.69) is 25.1 Å². The van der Waals surface area contributed by atoms with E-state index in [1.807, 2.05) is 30.3 Å². The zero-order valence-electron chi connectivity index (χ0n) is 9.99. The Kier molecular flexibility index (Phi) is 4.46. The van der Waals surface area contributed by atoms with Gasteiger partial charge < -0.3 is 5.32 Å². The first-order valence-electron chi connectivity index (χ1n) is 5.56. The molecule has 3 aromatic rings. The molecule has 2 aromatic heterocycles. The number of rotatable bonds is 5. The summed E-state index contributed by atoms with van der Waals surface area (Å²) in [5.74, 6) is 0.648. The Morgan fingerprint density at radius 3 is 2.75 bits per heavy atom. The van der Waals surface area contributed by atoms with Gasteiger partial charge in [-0.2, -0.15) is 0 Å². The molecule has 0 aliphatic rings. The molecule has 0 saturated heterocycles. The van der Waals surface area contributed by atoms with Crippen LogP contribution in [0.25, 0.3) is 0 Å². The fraction of sp³-hybridized carbons (Fsp3) is 0.0909. The van der Waals surface area contributed by atoms with Crippen LogP contribution in [-0.2, 0) is 5.75 Å². The highest BCUT2D eigenvalue weighted by atomic mass is 35.5. The van der Waals surface area contributed by atoms with Crippen LogP contribution in [0, 0.1) is 0 Å². The SMILES string of the molecule is Clc1snnc1CSc1nnc(Nc2ccccc2)s1. The Bertz CT molecular complexity index is 684. The number of hydrogen-bond donors (Lipinski definition) is 1. The van der Waals surface area contributed by atoms with Crippen molar-refractivity contribution in [3.8, 4) is 0 Å². The highest BCUT2D eigenvalue weighted by molar-refractivity contribution is 8.00. The monoisotopic (exact) mass is 341 g/mol. The number of nitrogens with one attached hydrogen (secondary N) is 1. The van der Waals surface area contributed by atoms with E-state index in [1.165, 1.54) is 22.9 Å². The minimum Gasteiger partial charge on any atom is -0.330 e. The highest BCUT2D eigenvalue weighted by Crippen LogP contribution is 2.31. The van der Waals surface area contributed by atoms with Crippen LogP contribution in [0.2, 0.25) is 4.34 Å². The van der Waals surface area contributed by atoms with Gasteiger partial charge in [0.2, 0.25) is 5.13 Å². The van der Waals surface area contributed by atoms with Crippen LogP contribution < -0.4 is 5.32 Å². The van der Waals surface area contributed by atoms with Crippen molar-refractivity contribution in [3.05, 3.63) is 40.4 Å². The second-order valence-electron chi connectivity index (χ2n) is 3.65. The molecule has 5 nitrogen and oxygen atoms in total. The number of hydrogen-bond acceptors (Lipinski definition) is 8. The fourth-order valence-corrected chi connectivity index (χ4v) is 3.88. The topological polar surface area (TPSA) is 63.6 Å². The Labute approximate surface area is 132 Å². The second kappa shape index (κ2) is 6.49. The molecule has 1 aromatic carbocycles. The van der Waals surface area contributed by atoms with Crippen molar-refractivity contribution >= 4 is 57.1 Å². The lowest BCUT2D eigenvalue weighted by atomic mass is 10.3. The average Bonchev–Trinajstić information content (AvgIpc) is 3.07. The molecule has 0 fully saturated rings. The Balaban J connectivity index is 1.61. The number of thioether (sulfide) groups is 1. The van der Waals surface area contributed by atoms with Gasteiger partial charge in [-0.05, 0) is 12.1 Å². The molecular weight excluding hydrogens is 334 g/mol. The molecule has 0 bridgehead atoms. The normalized spacial score (nSPS) is 10.7. The second-order valence-corrected chi connectivity index (χ2v) is 7.20. The number of anilines is 2. The van der Waals surface area contributed by atoms with Gasteiger partial charge in [0, 0.05) is 23.0 Å². The average molecular weight is 342 g/mol. The third-order valence-corrected chi connectivity index (χ3v) is 5.24. The van der Waals surface area contributed by atoms with E-state index in [-0.39, 0.29) is 0 Å². The molecule has 0 amide bonds. The summed E-state index contributed by atoms with van der Waals surface area (Å²) in [5.41, 5.74) is 1.78. The molecule has 0 aliphatic carbocycles. The van der Waals surface area contributed by atoms with E-state index in [0.717, 1.165) is 20.9 Å². The van der Waals surface area contributed by atoms with Gasteiger partial charge in [-0.1, -0.05) is 57.4 Å². The number of para-hydroxylation sites is 1. The number of nitrogens with zero attached hydrogens (tertiary/aromatic N) is 4. The molecule has 0 unspecified atom stereocenters. The van der Waals surface area contributed by atoms with E-state index >= 15 is 0 Å². The molecule has 1 N–H and O–H groups in total. The first kappa shape index (κ1) is 13.7. The third kappa shape index (κ3) is 3.45. The summed E-state index contributed by atoms with van der Waals surface area (Å²) in [4.78, 5) is 0. The molecule has 2 heterocycles. The van der Waals surface area contributed by atoms with Gasteiger partial charge in [0.1, 0.15) is 10.0 Å². The van der Waals surface area contributed by atoms with Crippen LogP contribution in [0.1, 0.15) is 5.69 Å². The van der Waals surface area contributed by atoms with E-state index in [4.69, 9.17) is 11.6 Å². The van der Waals surface area contributed by atoms with Crippen molar-refractivity contribution in [2.24, 2.45) is 0 Å². The summed E-state index contributed by atoms with van der Waals surface area (Å²) >= 11 is 10.2. The maximum atomic E-state index is 5.95. The molecule has 102 valence electrons. The van der Waals surface area contributed by atoms with Crippen LogP contribution in [0.5, 0.6) is 0 Å². The van der Waals surface area contributed by atoms with Crippen LogP contribution in [0.3, 0.4) is 0 Å². The Morgan fingerprint density at radius 2 is 2.00 bits per heavy atom. The number of halogens is 1. The summed E-state index contributed by atoms with van der Waals surface area (Å²) < 4.78 is 5.29. The molecule has 0 saturated carbocycles. The van der Waals surface area contributed by atoms with Crippen LogP contribution in [-0.4, -0.2) is 19.8 Å². The largest absolute Gasteiger partial charge is 0.330 e. The lowest BCUT2D eigenvalue weighted by molar-refractivity contribution is 1.01. The zero-order chi connectivity index (χ0) is 13.8. The van der Waals surface area contributed by atoms with Crippen molar-refractivity contribution in [2.75, 3.05) is 5.32 Å². The van der Waals surface area contributed by atoms with E-state index in [1.54, 1.807) is 11.8 Å². The molecule has 9 heteroatoms. The minimum atomic E-state index is 0.629. The summed E-state index contributed by atoms with van der Waals surface area (Å²) in [5, 5.41) is 16.2. The van der Waals surface area contributed by atoms with Crippen LogP contribution >= 0.6 is 46.2 Å². The van der Waals surface area contributed by atoms with Crippen LogP contribution in [0.4, 0.5) is 10.8 Å². The van der Waals surface area contributed by atoms with Gasteiger partial charge in [-0.15, -0.1) is 15.3 Å². The Morgan fingerprint density at radius 1 is 1.15 bits per heavy atom. The summed E-state index contributed by atoms with van der Waals surface area (Å²) in [6.07, 6.45) is 0. The minimum absolute atomic E-state index is 0.629. The molecular formula is C11H8ClN5S3. The molecule has 0 aliphatic heterocycles. The summed E-state index contributed by atoms with van der Waals surface area (Å²) in [7, 11) is 0. The van der Waals surface area contributed by atoms with Gasteiger partial charge in [0.15, 0.2) is 4.34 Å². The Hall–Kier alpha value is -1.22. The van der Waals surface area contributed by atoms with Gasteiger partial charge in [-0.25, -0.2) is 0 Å². The quantitative estimate of drug-likeness (QED) is 0.705. The molecule has 3 rings (SSSR count). The van der Waals surface area contributed by atoms with Crippen molar-refractivity contribution in [1.82, 2.24) is 19.8 Å². The predicted molar refractivity (Wildman–Crippen MR) is 84.1 cm³/mol. The van der Waals surface area contributed by atoms with Crippen molar-refractivity contribution in [2.45, 2.75) is 10.1 Å². The van der Waals surface area contributed by atoms with Crippen molar-refractivity contribution in [1.29, 1.82) is 0 Å². The van der Waals surface area contributed by atoms with Crippen LogP contribution in [0.15, 0.2) is 34.7 Å². The van der Waals surface area contributed by atoms with Gasteiger partial charge >= 0.3 is 0 Å². The van der Waals surface area contributed by atoms with E-state index < -0.39 is 0 Å². The molecule has 0 radical (unpaired) electrons. The fourth-order valence-electron chi connectivity index (χ4n) is 1.38. The maximum Gasteiger partial charge on any atom is 0.210 e. The maximum absolute atomic E-state index is 5.95. The van der Waals surface area contributed by atoms with E-state index in [0.29, 0.717) is 10.1 Å². The summed E-state index contributed by atoms with van der Waals surface area (Å²) in [6.45, 7) is 0. The molecule has 20 heavy (non-hydrogen) atoms. The van der Waals surface area contributed by atoms with Crippen molar-refractivity contribution in [3.63, 3.8) is 0 Å². The van der Waals surface area contributed by atoms with E-state index in [9.17, 15) is 0 Å². The van der Waals surface area contributed by atoms with Gasteiger partial charge in [0.05, 0.1) is 0 Å². The predicted octanol–water partition coefficient (Wildman–Crippen LogP) is 4.08. The number of benzene rings is 1. The molecule has 0 spiro atoms. The van der Waals surface area contributed by atoms with Gasteiger partial charge in [-0.3, -0.25) is 0 Å². The first-order chi connectivity index (χ1) is 9.81. The highest BCUT2D eigenvalue weighted by Gasteiger charge is 2.09. The smallest absolute Gasteiger partial charge is 0.210 e. The molecule has 0 atom stereocenters. The standard InChI is InChI=1S/C11H8ClN5S3/c12-9-8(14-17-20-9)6-18-11-16-15-10(19-11)13-7-4-2-1-3-5-7/h1-5H,6H2,(H,13,15). The lowest BCUT2D eigenvalue weighted by Crippen LogP contribution is -1.87.